The van der Waals surface area contributed by atoms with Crippen LogP contribution in [0.2, 0.25) is 0 Å². The van der Waals surface area contributed by atoms with E-state index in [2.05, 4.69) is 93.7 Å². The Bertz CT molecular complexity index is 1050. The van der Waals surface area contributed by atoms with E-state index in [0.29, 0.717) is 19.4 Å². The molecule has 0 amide bonds. The molecular weight excluding hydrogens is 717 g/mol. The second kappa shape index (κ2) is 48.7. The molecule has 0 aliphatic carbocycles. The molecule has 0 aliphatic rings. The number of allylic oxidation sites excluding steroid dienone is 12. The van der Waals surface area contributed by atoms with Crippen LogP contribution in [-0.2, 0) is 23.8 Å². The topological polar surface area (TPSA) is 61.8 Å². The molecule has 0 saturated carbocycles. The largest absolute Gasteiger partial charge is 0.462 e. The van der Waals surface area contributed by atoms with Crippen molar-refractivity contribution in [1.82, 2.24) is 0 Å². The molecule has 0 aromatic heterocycles. The highest BCUT2D eigenvalue weighted by Crippen LogP contribution is 2.13. The van der Waals surface area contributed by atoms with Crippen molar-refractivity contribution in [2.24, 2.45) is 0 Å². The molecule has 0 heterocycles. The highest BCUT2D eigenvalue weighted by Gasteiger charge is 2.17. The Morgan fingerprint density at radius 2 is 0.776 bits per heavy atom. The first kappa shape index (κ1) is 55.3. The fourth-order valence-electron chi connectivity index (χ4n) is 6.59. The van der Waals surface area contributed by atoms with Crippen molar-refractivity contribution in [3.05, 3.63) is 72.9 Å². The molecular formula is C53H92O5. The smallest absolute Gasteiger partial charge is 0.306 e. The van der Waals surface area contributed by atoms with Crippen LogP contribution in [0.3, 0.4) is 0 Å². The minimum atomic E-state index is -0.547. The maximum atomic E-state index is 12.7. The van der Waals surface area contributed by atoms with E-state index in [1.165, 1.54) is 96.3 Å². The number of unbranched alkanes of at least 4 members (excludes halogenated alkanes) is 21. The molecule has 0 aliphatic heterocycles. The monoisotopic (exact) mass is 809 g/mol. The van der Waals surface area contributed by atoms with Crippen LogP contribution >= 0.6 is 0 Å². The van der Waals surface area contributed by atoms with Crippen LogP contribution in [0.25, 0.3) is 0 Å². The lowest BCUT2D eigenvalue weighted by molar-refractivity contribution is -0.163. The molecule has 334 valence electrons. The van der Waals surface area contributed by atoms with Crippen molar-refractivity contribution in [3.63, 3.8) is 0 Å². The Hall–Kier alpha value is -2.66. The molecule has 0 bridgehead atoms. The standard InChI is InChI=1S/C53H92O5/c1-4-7-10-13-16-18-20-22-24-26-28-30-32-34-36-39-42-45-48-56-49-51(58-53(55)47-44-41-37-15-12-9-6-3)50-57-52(54)46-43-40-38-35-33-31-29-27-25-23-21-19-17-14-11-8-5-2/h8,11,16-19,22-25,29,31,51H,4-7,9-10,12-15,20-21,26-28,30,32-50H2,1-3H3/b11-8-,18-16-,19-17-,24-22-,25-23-,31-29-. The lowest BCUT2D eigenvalue weighted by atomic mass is 10.1. The molecule has 0 radical (unpaired) electrons. The summed E-state index contributed by atoms with van der Waals surface area (Å²) in [7, 11) is 0. The third-order valence-corrected chi connectivity index (χ3v) is 10.2. The summed E-state index contributed by atoms with van der Waals surface area (Å²) in [6.07, 6.45) is 62.0. The van der Waals surface area contributed by atoms with Gasteiger partial charge in [0.25, 0.3) is 0 Å². The average molecular weight is 809 g/mol. The van der Waals surface area contributed by atoms with E-state index in [9.17, 15) is 9.59 Å². The van der Waals surface area contributed by atoms with E-state index < -0.39 is 6.10 Å². The van der Waals surface area contributed by atoms with Gasteiger partial charge in [0.2, 0.25) is 0 Å². The molecule has 0 aromatic rings. The molecule has 0 saturated heterocycles. The zero-order valence-corrected chi connectivity index (χ0v) is 38.3. The number of esters is 2. The van der Waals surface area contributed by atoms with Gasteiger partial charge in [0.1, 0.15) is 6.61 Å². The SMILES string of the molecule is CC/C=C\C/C=C\C/C=C\C/C=C\CCCCCCC(=O)OCC(COCCCCCCCCCC/C=C\C/C=C\CCCCC)OC(=O)CCCCCCCCC. The maximum absolute atomic E-state index is 12.7. The molecule has 58 heavy (non-hydrogen) atoms. The van der Waals surface area contributed by atoms with Crippen LogP contribution in [-0.4, -0.2) is 37.9 Å². The zero-order valence-electron chi connectivity index (χ0n) is 38.3. The van der Waals surface area contributed by atoms with E-state index >= 15 is 0 Å². The number of rotatable bonds is 44. The van der Waals surface area contributed by atoms with Gasteiger partial charge in [-0.3, -0.25) is 9.59 Å². The van der Waals surface area contributed by atoms with E-state index in [-0.39, 0.29) is 25.2 Å². The van der Waals surface area contributed by atoms with Crippen molar-refractivity contribution in [2.75, 3.05) is 19.8 Å². The minimum absolute atomic E-state index is 0.0688. The maximum Gasteiger partial charge on any atom is 0.306 e. The molecule has 5 heteroatoms. The van der Waals surface area contributed by atoms with Gasteiger partial charge in [0, 0.05) is 19.4 Å². The van der Waals surface area contributed by atoms with Crippen molar-refractivity contribution in [2.45, 2.75) is 232 Å². The van der Waals surface area contributed by atoms with Gasteiger partial charge in [-0.25, -0.2) is 0 Å². The third kappa shape index (κ3) is 46.0. The number of ether oxygens (including phenoxy) is 3. The Balaban J connectivity index is 4.18. The van der Waals surface area contributed by atoms with Crippen LogP contribution in [0.4, 0.5) is 0 Å². The average Bonchev–Trinajstić information content (AvgIpc) is 3.22. The molecule has 0 rings (SSSR count). The summed E-state index contributed by atoms with van der Waals surface area (Å²) in [6.45, 7) is 7.62. The van der Waals surface area contributed by atoms with E-state index in [1.807, 2.05) is 0 Å². The summed E-state index contributed by atoms with van der Waals surface area (Å²) in [5.41, 5.74) is 0. The van der Waals surface area contributed by atoms with Gasteiger partial charge in [-0.05, 0) is 89.9 Å². The van der Waals surface area contributed by atoms with Gasteiger partial charge in [-0.1, -0.05) is 196 Å². The minimum Gasteiger partial charge on any atom is -0.462 e. The summed E-state index contributed by atoms with van der Waals surface area (Å²) < 4.78 is 17.3. The fraction of sp³-hybridized carbons (Fsp3) is 0.736. The van der Waals surface area contributed by atoms with Crippen LogP contribution in [0.15, 0.2) is 72.9 Å². The van der Waals surface area contributed by atoms with Crippen LogP contribution in [0.5, 0.6) is 0 Å². The van der Waals surface area contributed by atoms with Crippen LogP contribution < -0.4 is 0 Å². The Morgan fingerprint density at radius 1 is 0.397 bits per heavy atom. The predicted octanol–water partition coefficient (Wildman–Crippen LogP) is 16.3. The van der Waals surface area contributed by atoms with Gasteiger partial charge in [0.05, 0.1) is 6.61 Å². The third-order valence-electron chi connectivity index (χ3n) is 10.2. The van der Waals surface area contributed by atoms with Crippen molar-refractivity contribution < 1.29 is 23.8 Å². The first-order chi connectivity index (χ1) is 28.6. The number of hydrogen-bond acceptors (Lipinski definition) is 5. The zero-order chi connectivity index (χ0) is 42.1. The summed E-state index contributed by atoms with van der Waals surface area (Å²) in [4.78, 5) is 25.2. The second-order valence-corrected chi connectivity index (χ2v) is 16.0. The quantitative estimate of drug-likeness (QED) is 0.0348. The van der Waals surface area contributed by atoms with Crippen molar-refractivity contribution >= 4 is 11.9 Å². The van der Waals surface area contributed by atoms with Gasteiger partial charge in [0.15, 0.2) is 6.10 Å². The highest BCUT2D eigenvalue weighted by atomic mass is 16.6. The van der Waals surface area contributed by atoms with Gasteiger partial charge >= 0.3 is 11.9 Å². The predicted molar refractivity (Wildman–Crippen MR) is 251 cm³/mol. The summed E-state index contributed by atoms with van der Waals surface area (Å²) in [6, 6.07) is 0. The summed E-state index contributed by atoms with van der Waals surface area (Å²) in [5, 5.41) is 0. The van der Waals surface area contributed by atoms with E-state index in [4.69, 9.17) is 14.2 Å². The van der Waals surface area contributed by atoms with Crippen LogP contribution in [0.1, 0.15) is 226 Å². The molecule has 0 N–H and O–H groups in total. The lowest BCUT2D eigenvalue weighted by Crippen LogP contribution is -2.30. The Labute approximate surface area is 359 Å². The molecule has 0 spiro atoms. The van der Waals surface area contributed by atoms with Crippen molar-refractivity contribution in [3.8, 4) is 0 Å². The Morgan fingerprint density at radius 3 is 1.28 bits per heavy atom. The highest BCUT2D eigenvalue weighted by molar-refractivity contribution is 5.70. The van der Waals surface area contributed by atoms with Crippen molar-refractivity contribution in [1.29, 1.82) is 0 Å². The molecule has 0 fully saturated rings. The second-order valence-electron chi connectivity index (χ2n) is 16.0. The molecule has 0 aromatic carbocycles. The first-order valence-corrected chi connectivity index (χ1v) is 24.5. The van der Waals surface area contributed by atoms with Gasteiger partial charge < -0.3 is 14.2 Å². The lowest BCUT2D eigenvalue weighted by Gasteiger charge is -2.18. The molecule has 1 atom stereocenters. The first-order valence-electron chi connectivity index (χ1n) is 24.5. The van der Waals surface area contributed by atoms with Crippen LogP contribution in [0, 0.1) is 0 Å². The van der Waals surface area contributed by atoms with Gasteiger partial charge in [-0.15, -0.1) is 0 Å². The summed E-state index contributed by atoms with van der Waals surface area (Å²) >= 11 is 0. The molecule has 5 nitrogen and oxygen atoms in total. The number of carbonyl (C=O) groups excluding carboxylic acids is 2. The summed E-state index contributed by atoms with van der Waals surface area (Å²) in [5.74, 6) is -0.433. The fourth-order valence-corrected chi connectivity index (χ4v) is 6.59. The van der Waals surface area contributed by atoms with E-state index in [1.54, 1.807) is 0 Å². The molecule has 1 unspecified atom stereocenters. The normalized spacial score (nSPS) is 12.8. The number of hydrogen-bond donors (Lipinski definition) is 0. The Kier molecular flexibility index (Phi) is 46.5. The van der Waals surface area contributed by atoms with Gasteiger partial charge in [-0.2, -0.15) is 0 Å². The van der Waals surface area contributed by atoms with E-state index in [0.717, 1.165) is 96.3 Å². The number of carbonyl (C=O) groups is 2.